The number of fused-ring (bicyclic) bond motifs is 1. The topological polar surface area (TPSA) is 36.0 Å². The van der Waals surface area contributed by atoms with Crippen LogP contribution in [0.5, 0.6) is 0 Å². The standard InChI is InChI=1S/C28H29Cl4N3O2/c1-7-35(8-2)17-11-9-16(10-12-17)28(19-14-13-18(33(3)4)15-20(19)34(5)6)22-21(27(36)37-28)23(29)25(31)26(32)24(22)30/h9-15H,7-8H2,1-6H3. The molecule has 0 aromatic heterocycles. The highest BCUT2D eigenvalue weighted by atomic mass is 35.5. The van der Waals surface area contributed by atoms with Crippen molar-refractivity contribution in [3.05, 3.63) is 84.8 Å². The van der Waals surface area contributed by atoms with Gasteiger partial charge in [0.1, 0.15) is 0 Å². The van der Waals surface area contributed by atoms with Crippen LogP contribution < -0.4 is 14.7 Å². The van der Waals surface area contributed by atoms with Gasteiger partial charge in [-0.25, -0.2) is 4.79 Å². The van der Waals surface area contributed by atoms with Crippen molar-refractivity contribution in [3.8, 4) is 0 Å². The average molecular weight is 581 g/mol. The van der Waals surface area contributed by atoms with Crippen LogP contribution in [-0.4, -0.2) is 47.2 Å². The molecule has 0 spiro atoms. The van der Waals surface area contributed by atoms with E-state index in [9.17, 15) is 4.79 Å². The molecule has 1 aliphatic rings. The molecule has 9 heteroatoms. The van der Waals surface area contributed by atoms with Crippen LogP contribution in [0.4, 0.5) is 17.1 Å². The van der Waals surface area contributed by atoms with E-state index in [1.54, 1.807) is 0 Å². The summed E-state index contributed by atoms with van der Waals surface area (Å²) in [5, 5.41) is 0.249. The fraction of sp³-hybridized carbons (Fsp3) is 0.321. The molecule has 3 aromatic rings. The molecule has 0 amide bonds. The van der Waals surface area contributed by atoms with Gasteiger partial charge < -0.3 is 19.4 Å². The van der Waals surface area contributed by atoms with Gasteiger partial charge in [-0.1, -0.05) is 64.6 Å². The number of carbonyl (C=O) groups excluding carboxylic acids is 1. The van der Waals surface area contributed by atoms with Crippen molar-refractivity contribution in [1.82, 2.24) is 0 Å². The van der Waals surface area contributed by atoms with Crippen molar-refractivity contribution in [2.45, 2.75) is 19.4 Å². The minimum Gasteiger partial charge on any atom is -0.440 e. The molecule has 5 nitrogen and oxygen atoms in total. The summed E-state index contributed by atoms with van der Waals surface area (Å²) in [6, 6.07) is 13.9. The number of halogens is 4. The van der Waals surface area contributed by atoms with Gasteiger partial charge in [-0.15, -0.1) is 0 Å². The Kier molecular flexibility index (Phi) is 7.83. The van der Waals surface area contributed by atoms with Crippen LogP contribution >= 0.6 is 46.4 Å². The Morgan fingerprint density at radius 1 is 0.757 bits per heavy atom. The molecule has 37 heavy (non-hydrogen) atoms. The Morgan fingerprint density at radius 2 is 1.32 bits per heavy atom. The zero-order chi connectivity index (χ0) is 27.2. The third-order valence-corrected chi connectivity index (χ3v) is 8.63. The van der Waals surface area contributed by atoms with Crippen molar-refractivity contribution >= 4 is 69.4 Å². The van der Waals surface area contributed by atoms with Crippen LogP contribution in [0.2, 0.25) is 20.1 Å². The van der Waals surface area contributed by atoms with Crippen LogP contribution in [0, 0.1) is 0 Å². The number of benzene rings is 3. The van der Waals surface area contributed by atoms with Gasteiger partial charge in [0.2, 0.25) is 0 Å². The van der Waals surface area contributed by atoms with Crippen LogP contribution in [0.1, 0.15) is 40.9 Å². The first kappa shape index (κ1) is 27.7. The molecule has 1 unspecified atom stereocenters. The maximum Gasteiger partial charge on any atom is 0.341 e. The Bertz CT molecular complexity index is 1350. The van der Waals surface area contributed by atoms with E-state index in [1.807, 2.05) is 80.5 Å². The van der Waals surface area contributed by atoms with Gasteiger partial charge in [0.15, 0.2) is 5.60 Å². The third-order valence-electron chi connectivity index (χ3n) is 6.83. The van der Waals surface area contributed by atoms with E-state index in [0.29, 0.717) is 11.1 Å². The number of esters is 1. The predicted molar refractivity (Wildman–Crippen MR) is 157 cm³/mol. The normalized spacial score (nSPS) is 16.4. The highest BCUT2D eigenvalue weighted by Crippen LogP contribution is 2.57. The zero-order valence-corrected chi connectivity index (χ0v) is 24.6. The highest BCUT2D eigenvalue weighted by molar-refractivity contribution is 6.53. The van der Waals surface area contributed by atoms with E-state index in [0.717, 1.165) is 35.7 Å². The molecule has 3 aromatic carbocycles. The second kappa shape index (κ2) is 10.5. The first-order chi connectivity index (χ1) is 17.5. The van der Waals surface area contributed by atoms with E-state index in [1.165, 1.54) is 0 Å². The third kappa shape index (κ3) is 4.40. The average Bonchev–Trinajstić information content (AvgIpc) is 3.20. The Labute approximate surface area is 238 Å². The first-order valence-electron chi connectivity index (χ1n) is 11.9. The van der Waals surface area contributed by atoms with Crippen molar-refractivity contribution < 1.29 is 9.53 Å². The van der Waals surface area contributed by atoms with E-state index < -0.39 is 11.6 Å². The lowest BCUT2D eigenvalue weighted by Crippen LogP contribution is -2.32. The summed E-state index contributed by atoms with van der Waals surface area (Å²) < 4.78 is 6.33. The second-order valence-corrected chi connectivity index (χ2v) is 10.8. The summed E-state index contributed by atoms with van der Waals surface area (Å²) >= 11 is 26.4. The second-order valence-electron chi connectivity index (χ2n) is 9.29. The van der Waals surface area contributed by atoms with Crippen molar-refractivity contribution in [2.75, 3.05) is 56.0 Å². The first-order valence-corrected chi connectivity index (χ1v) is 13.4. The minimum absolute atomic E-state index is 0.0208. The molecule has 196 valence electrons. The summed E-state index contributed by atoms with van der Waals surface area (Å²) in [7, 11) is 7.83. The summed E-state index contributed by atoms with van der Waals surface area (Å²) in [5.74, 6) is -0.616. The van der Waals surface area contributed by atoms with E-state index in [-0.39, 0.29) is 25.7 Å². The van der Waals surface area contributed by atoms with E-state index in [4.69, 9.17) is 51.1 Å². The van der Waals surface area contributed by atoms with Gasteiger partial charge in [-0.2, -0.15) is 0 Å². The molecule has 0 aliphatic carbocycles. The van der Waals surface area contributed by atoms with Gasteiger partial charge in [0.25, 0.3) is 0 Å². The molecular weight excluding hydrogens is 552 g/mol. The molecule has 1 heterocycles. The summed E-state index contributed by atoms with van der Waals surface area (Å²) in [6.45, 7) is 5.95. The number of anilines is 3. The van der Waals surface area contributed by atoms with Gasteiger partial charge in [0.05, 0.1) is 25.7 Å². The quantitative estimate of drug-likeness (QED) is 0.162. The molecule has 0 radical (unpaired) electrons. The van der Waals surface area contributed by atoms with Gasteiger partial charge in [-0.3, -0.25) is 0 Å². The number of rotatable bonds is 7. The SMILES string of the molecule is CCN(CC)c1ccc(C2(c3ccc(N(C)C)cc3N(C)C)OC(=O)c3c(Cl)c(Cl)c(Cl)c(Cl)c32)cc1. The van der Waals surface area contributed by atoms with Crippen molar-refractivity contribution in [2.24, 2.45) is 0 Å². The molecule has 0 fully saturated rings. The Hall–Kier alpha value is -2.31. The zero-order valence-electron chi connectivity index (χ0n) is 21.6. The molecular formula is C28H29Cl4N3O2. The fourth-order valence-electron chi connectivity index (χ4n) is 4.91. The number of cyclic esters (lactones) is 1. The molecule has 1 aliphatic heterocycles. The predicted octanol–water partition coefficient (Wildman–Crippen LogP) is 7.74. The van der Waals surface area contributed by atoms with Gasteiger partial charge in [0, 0.05) is 75.0 Å². The minimum atomic E-state index is -1.41. The van der Waals surface area contributed by atoms with Crippen molar-refractivity contribution in [1.29, 1.82) is 0 Å². The summed E-state index contributed by atoms with van der Waals surface area (Å²) in [4.78, 5) is 19.7. The maximum absolute atomic E-state index is 13.5. The smallest absolute Gasteiger partial charge is 0.341 e. The number of hydrogen-bond donors (Lipinski definition) is 0. The number of hydrogen-bond acceptors (Lipinski definition) is 5. The maximum atomic E-state index is 13.5. The molecule has 0 N–H and O–H groups in total. The molecule has 1 atom stereocenters. The van der Waals surface area contributed by atoms with Crippen LogP contribution in [0.15, 0.2) is 42.5 Å². The lowest BCUT2D eigenvalue weighted by Gasteiger charge is -2.35. The van der Waals surface area contributed by atoms with Crippen molar-refractivity contribution in [3.63, 3.8) is 0 Å². The summed E-state index contributed by atoms with van der Waals surface area (Å²) in [6.07, 6.45) is 0. The Balaban J connectivity index is 2.12. The van der Waals surface area contributed by atoms with Crippen LogP contribution in [-0.2, 0) is 10.3 Å². The van der Waals surface area contributed by atoms with E-state index >= 15 is 0 Å². The van der Waals surface area contributed by atoms with Gasteiger partial charge in [-0.05, 0) is 38.1 Å². The molecule has 0 bridgehead atoms. The fourth-order valence-corrected chi connectivity index (χ4v) is 5.97. The van der Waals surface area contributed by atoms with Crippen LogP contribution in [0.3, 0.4) is 0 Å². The number of nitrogens with zero attached hydrogens (tertiary/aromatic N) is 3. The largest absolute Gasteiger partial charge is 0.440 e. The van der Waals surface area contributed by atoms with E-state index in [2.05, 4.69) is 18.7 Å². The Morgan fingerprint density at radius 3 is 1.86 bits per heavy atom. The lowest BCUT2D eigenvalue weighted by atomic mass is 9.78. The summed E-state index contributed by atoms with van der Waals surface area (Å²) in [5.41, 5.74) is 3.43. The number of ether oxygens (including phenoxy) is 1. The monoisotopic (exact) mass is 579 g/mol. The van der Waals surface area contributed by atoms with Crippen LogP contribution in [0.25, 0.3) is 0 Å². The molecule has 4 rings (SSSR count). The molecule has 0 saturated heterocycles. The van der Waals surface area contributed by atoms with Gasteiger partial charge >= 0.3 is 5.97 Å². The number of carbonyl (C=O) groups is 1. The highest BCUT2D eigenvalue weighted by Gasteiger charge is 2.53. The molecule has 0 saturated carbocycles. The lowest BCUT2D eigenvalue weighted by molar-refractivity contribution is 0.0253.